The van der Waals surface area contributed by atoms with Gasteiger partial charge in [0.1, 0.15) is 6.61 Å². The minimum absolute atomic E-state index is 0.464. The summed E-state index contributed by atoms with van der Waals surface area (Å²) in [6, 6.07) is 21.9. The van der Waals surface area contributed by atoms with Crippen LogP contribution in [0.5, 0.6) is 11.5 Å². The lowest BCUT2D eigenvalue weighted by molar-refractivity contribution is 0.268. The Morgan fingerprint density at radius 3 is 2.56 bits per heavy atom. The minimum atomic E-state index is 0.464. The van der Waals surface area contributed by atoms with Crippen molar-refractivity contribution in [2.75, 3.05) is 18.9 Å². The van der Waals surface area contributed by atoms with Gasteiger partial charge >= 0.3 is 0 Å². The Balaban J connectivity index is 1.27. The number of thioether (sulfide) groups is 1. The fourth-order valence-electron chi connectivity index (χ4n) is 3.61. The number of benzene rings is 3. The molecule has 0 aliphatic heterocycles. The zero-order chi connectivity index (χ0) is 25.2. The summed E-state index contributed by atoms with van der Waals surface area (Å²) in [6.07, 6.45) is 0.958. The molecule has 1 aromatic heterocycles. The predicted molar refractivity (Wildman–Crippen MR) is 144 cm³/mol. The molecule has 3 aromatic carbocycles. The summed E-state index contributed by atoms with van der Waals surface area (Å²) in [5.41, 5.74) is 4.26. The van der Waals surface area contributed by atoms with Crippen LogP contribution in [0.15, 0.2) is 71.9 Å². The van der Waals surface area contributed by atoms with Gasteiger partial charge in [0.15, 0.2) is 11.5 Å². The third-order valence-corrected chi connectivity index (χ3v) is 6.90. The maximum Gasteiger partial charge on any atom is 0.214 e. The van der Waals surface area contributed by atoms with Gasteiger partial charge in [-0.05, 0) is 72.1 Å². The van der Waals surface area contributed by atoms with E-state index in [0.29, 0.717) is 36.3 Å². The van der Waals surface area contributed by atoms with Gasteiger partial charge in [0.05, 0.1) is 12.3 Å². The van der Waals surface area contributed by atoms with Crippen LogP contribution in [0.2, 0.25) is 5.02 Å². The average Bonchev–Trinajstić information content (AvgIpc) is 3.37. The highest BCUT2D eigenvalue weighted by Crippen LogP contribution is 2.34. The number of aryl methyl sites for hydroxylation is 1. The van der Waals surface area contributed by atoms with E-state index in [2.05, 4.69) is 39.9 Å². The number of para-hydroxylation sites is 1. The van der Waals surface area contributed by atoms with Crippen molar-refractivity contribution in [3.63, 3.8) is 0 Å². The van der Waals surface area contributed by atoms with Gasteiger partial charge < -0.3 is 14.8 Å². The summed E-state index contributed by atoms with van der Waals surface area (Å²) in [7, 11) is 0. The molecule has 0 atom stereocenters. The largest absolute Gasteiger partial charge is 0.490 e. The second-order valence-corrected chi connectivity index (χ2v) is 9.60. The lowest BCUT2D eigenvalue weighted by Gasteiger charge is -2.16. The van der Waals surface area contributed by atoms with Gasteiger partial charge in [-0.1, -0.05) is 65.8 Å². The van der Waals surface area contributed by atoms with Crippen molar-refractivity contribution in [3.8, 4) is 17.2 Å². The normalized spacial score (nSPS) is 11.0. The maximum absolute atomic E-state index is 6.59. The molecule has 7 nitrogen and oxygen atoms in total. The van der Waals surface area contributed by atoms with Crippen LogP contribution in [0.25, 0.3) is 5.69 Å². The molecule has 0 radical (unpaired) electrons. The number of hydrogen-bond donors (Lipinski definition) is 1. The van der Waals surface area contributed by atoms with Crippen molar-refractivity contribution >= 4 is 23.4 Å². The van der Waals surface area contributed by atoms with Crippen LogP contribution in [-0.2, 0) is 13.2 Å². The molecule has 1 heterocycles. The van der Waals surface area contributed by atoms with E-state index in [1.165, 1.54) is 5.56 Å². The molecule has 1 N–H and O–H groups in total. The Morgan fingerprint density at radius 2 is 1.75 bits per heavy atom. The molecule has 0 saturated carbocycles. The molecular formula is C27H30ClN5O2S. The van der Waals surface area contributed by atoms with Gasteiger partial charge in [-0.25, -0.2) is 0 Å². The first kappa shape index (κ1) is 26.0. The molecule has 0 spiro atoms. The van der Waals surface area contributed by atoms with Crippen LogP contribution in [0.1, 0.15) is 30.0 Å². The van der Waals surface area contributed by atoms with Crippen molar-refractivity contribution in [2.24, 2.45) is 0 Å². The number of hydrogen-bond acceptors (Lipinski definition) is 7. The first-order valence-corrected chi connectivity index (χ1v) is 13.3. The van der Waals surface area contributed by atoms with E-state index < -0.39 is 0 Å². The van der Waals surface area contributed by atoms with Crippen LogP contribution in [0.3, 0.4) is 0 Å². The zero-order valence-corrected chi connectivity index (χ0v) is 22.1. The monoisotopic (exact) mass is 523 g/mol. The lowest BCUT2D eigenvalue weighted by Crippen LogP contribution is -2.16. The molecule has 9 heteroatoms. The summed E-state index contributed by atoms with van der Waals surface area (Å²) in [5.74, 6) is 2.25. The van der Waals surface area contributed by atoms with E-state index in [1.807, 2.05) is 61.5 Å². The van der Waals surface area contributed by atoms with E-state index >= 15 is 0 Å². The predicted octanol–water partition coefficient (Wildman–Crippen LogP) is 5.87. The van der Waals surface area contributed by atoms with Gasteiger partial charge in [0, 0.05) is 23.4 Å². The summed E-state index contributed by atoms with van der Waals surface area (Å²) < 4.78 is 13.7. The van der Waals surface area contributed by atoms with E-state index in [0.717, 1.165) is 40.7 Å². The molecule has 0 bridgehead atoms. The first-order chi connectivity index (χ1) is 17.7. The second kappa shape index (κ2) is 13.3. The van der Waals surface area contributed by atoms with Crippen molar-refractivity contribution in [2.45, 2.75) is 38.6 Å². The lowest BCUT2D eigenvalue weighted by atomic mass is 10.1. The summed E-state index contributed by atoms with van der Waals surface area (Å²) in [4.78, 5) is 0. The topological polar surface area (TPSA) is 74.1 Å². The molecule has 0 aliphatic carbocycles. The Hall–Kier alpha value is -3.07. The molecule has 36 heavy (non-hydrogen) atoms. The molecule has 4 rings (SSSR count). The Kier molecular flexibility index (Phi) is 9.61. The number of aromatic nitrogens is 4. The third kappa shape index (κ3) is 7.00. The number of ether oxygens (including phenoxy) is 2. The number of nitrogens with one attached hydrogen (secondary N) is 1. The van der Waals surface area contributed by atoms with Crippen molar-refractivity contribution < 1.29 is 9.47 Å². The quantitative estimate of drug-likeness (QED) is 0.173. The highest BCUT2D eigenvalue weighted by Gasteiger charge is 2.12. The molecule has 4 aromatic rings. The van der Waals surface area contributed by atoms with E-state index in [4.69, 9.17) is 21.1 Å². The Morgan fingerprint density at radius 1 is 0.972 bits per heavy atom. The number of halogens is 1. The second-order valence-electron chi connectivity index (χ2n) is 8.13. The molecular weight excluding hydrogens is 494 g/mol. The highest BCUT2D eigenvalue weighted by atomic mass is 35.5. The van der Waals surface area contributed by atoms with Crippen molar-refractivity contribution in [1.82, 2.24) is 25.5 Å². The molecule has 188 valence electrons. The van der Waals surface area contributed by atoms with Crippen LogP contribution in [0, 0.1) is 6.92 Å². The maximum atomic E-state index is 6.59. The third-order valence-electron chi connectivity index (χ3n) is 5.54. The van der Waals surface area contributed by atoms with Crippen molar-refractivity contribution in [1.29, 1.82) is 0 Å². The molecule has 0 unspecified atom stereocenters. The van der Waals surface area contributed by atoms with Gasteiger partial charge in [-0.2, -0.15) is 4.68 Å². The van der Waals surface area contributed by atoms with Crippen LogP contribution in [0.4, 0.5) is 0 Å². The molecule has 0 fully saturated rings. The smallest absolute Gasteiger partial charge is 0.214 e. The summed E-state index contributed by atoms with van der Waals surface area (Å²) >= 11 is 8.23. The molecule has 0 saturated heterocycles. The van der Waals surface area contributed by atoms with Gasteiger partial charge in [0.2, 0.25) is 5.16 Å². The van der Waals surface area contributed by atoms with Crippen LogP contribution in [-0.4, -0.2) is 39.1 Å². The molecule has 0 aliphatic rings. The van der Waals surface area contributed by atoms with E-state index in [9.17, 15) is 0 Å². The standard InChI is InChI=1S/C27H30ClN5O2S/c1-3-34-25-16-22(24(28)17-26(25)35-19-21-11-8-7-10-20(21)2)18-29-14-9-15-36-27-30-31-32-33(27)23-12-5-4-6-13-23/h4-8,10-13,16-17,29H,3,9,14-15,18-19H2,1-2H3. The highest BCUT2D eigenvalue weighted by molar-refractivity contribution is 7.99. The number of nitrogens with zero attached hydrogens (tertiary/aromatic N) is 4. The van der Waals surface area contributed by atoms with Crippen LogP contribution >= 0.6 is 23.4 Å². The van der Waals surface area contributed by atoms with Crippen LogP contribution < -0.4 is 14.8 Å². The zero-order valence-electron chi connectivity index (χ0n) is 20.5. The van der Waals surface area contributed by atoms with Gasteiger partial charge in [0.25, 0.3) is 0 Å². The van der Waals surface area contributed by atoms with E-state index in [-0.39, 0.29) is 0 Å². The minimum Gasteiger partial charge on any atom is -0.490 e. The Bertz CT molecular complexity index is 1250. The average molecular weight is 524 g/mol. The summed E-state index contributed by atoms with van der Waals surface area (Å²) in [5, 5.41) is 17.0. The number of rotatable bonds is 13. The fourth-order valence-corrected chi connectivity index (χ4v) is 4.66. The van der Waals surface area contributed by atoms with Crippen molar-refractivity contribution in [3.05, 3.63) is 88.4 Å². The van der Waals surface area contributed by atoms with Gasteiger partial charge in [-0.15, -0.1) is 5.10 Å². The first-order valence-electron chi connectivity index (χ1n) is 12.0. The van der Waals surface area contributed by atoms with E-state index in [1.54, 1.807) is 16.4 Å². The fraction of sp³-hybridized carbons (Fsp3) is 0.296. The number of tetrazole rings is 1. The molecule has 0 amide bonds. The SMILES string of the molecule is CCOc1cc(CNCCCSc2nnnn2-c2ccccc2)c(Cl)cc1OCc1ccccc1C. The van der Waals surface area contributed by atoms with Gasteiger partial charge in [-0.3, -0.25) is 0 Å². The Labute approximate surface area is 221 Å². The summed E-state index contributed by atoms with van der Waals surface area (Å²) in [6.45, 7) is 6.53.